The van der Waals surface area contributed by atoms with E-state index in [1.54, 1.807) is 25.1 Å². The van der Waals surface area contributed by atoms with E-state index < -0.39 is 0 Å². The number of fused-ring (bicyclic) bond motifs is 1. The number of aromatic nitrogens is 3. The summed E-state index contributed by atoms with van der Waals surface area (Å²) in [7, 11) is 0. The Kier molecular flexibility index (Phi) is 5.46. The van der Waals surface area contributed by atoms with Crippen LogP contribution in [0, 0.1) is 6.92 Å². The molecule has 0 bridgehead atoms. The molecule has 2 aliphatic rings. The molecule has 0 radical (unpaired) electrons. The van der Waals surface area contributed by atoms with Gasteiger partial charge in [-0.25, -0.2) is 0 Å². The highest BCUT2D eigenvalue weighted by molar-refractivity contribution is 6.05. The van der Waals surface area contributed by atoms with Gasteiger partial charge in [-0.3, -0.25) is 14.7 Å². The summed E-state index contributed by atoms with van der Waals surface area (Å²) < 4.78 is 2.94. The van der Waals surface area contributed by atoms with E-state index in [-0.39, 0.29) is 17.7 Å². The number of carbonyl (C=O) groups excluding carboxylic acids is 1. The Morgan fingerprint density at radius 2 is 1.91 bits per heavy atom. The molecule has 1 aliphatic heterocycles. The number of hydrogen-bond donors (Lipinski definition) is 3. The van der Waals surface area contributed by atoms with Gasteiger partial charge in [0.25, 0.3) is 0 Å². The van der Waals surface area contributed by atoms with Crippen LogP contribution in [0.15, 0.2) is 36.5 Å². The van der Waals surface area contributed by atoms with Gasteiger partial charge in [-0.05, 0) is 56.7 Å². The van der Waals surface area contributed by atoms with Gasteiger partial charge >= 0.3 is 11.6 Å². The molecule has 2 fully saturated rings. The lowest BCUT2D eigenvalue weighted by Gasteiger charge is -2.25. The van der Waals surface area contributed by atoms with Crippen LogP contribution < -0.4 is 14.9 Å². The van der Waals surface area contributed by atoms with E-state index in [2.05, 4.69) is 16.3 Å². The van der Waals surface area contributed by atoms with E-state index >= 15 is 0 Å². The van der Waals surface area contributed by atoms with Crippen LogP contribution in [0.25, 0.3) is 10.9 Å². The fourth-order valence-electron chi connectivity index (χ4n) is 4.88. The van der Waals surface area contributed by atoms with Crippen LogP contribution >= 0.6 is 0 Å². The summed E-state index contributed by atoms with van der Waals surface area (Å²) in [6.07, 6.45) is 7.54. The molecule has 0 atom stereocenters. The minimum absolute atomic E-state index is 0.189. The van der Waals surface area contributed by atoms with Crippen LogP contribution in [0.5, 0.6) is 0 Å². The Balaban J connectivity index is 1.50. The first kappa shape index (κ1) is 20.8. The van der Waals surface area contributed by atoms with E-state index in [0.29, 0.717) is 11.7 Å². The van der Waals surface area contributed by atoms with Gasteiger partial charge in [-0.1, -0.05) is 0 Å². The molecule has 3 aromatic rings. The number of aliphatic hydroxyl groups is 1. The maximum Gasteiger partial charge on any atom is 0.325 e. The van der Waals surface area contributed by atoms with E-state index in [4.69, 9.17) is 5.10 Å². The van der Waals surface area contributed by atoms with Crippen molar-refractivity contribution < 1.29 is 19.8 Å². The summed E-state index contributed by atoms with van der Waals surface area (Å²) in [4.78, 5) is 15.3. The third-order valence-corrected chi connectivity index (χ3v) is 6.76. The zero-order valence-electron chi connectivity index (χ0n) is 18.4. The summed E-state index contributed by atoms with van der Waals surface area (Å²) in [5.74, 6) is -0.357. The first-order chi connectivity index (χ1) is 15.5. The number of amides is 1. The predicted molar refractivity (Wildman–Crippen MR) is 121 cm³/mol. The summed E-state index contributed by atoms with van der Waals surface area (Å²) in [6.45, 7) is 3.64. The fourth-order valence-corrected chi connectivity index (χ4v) is 4.88. The number of nitrogens with zero attached hydrogens (tertiary/aromatic N) is 4. The van der Waals surface area contributed by atoms with Crippen LogP contribution in [-0.2, 0) is 0 Å². The molecular formula is C24H30N5O3+. The zero-order valence-corrected chi connectivity index (χ0v) is 18.4. The second kappa shape index (κ2) is 8.43. The van der Waals surface area contributed by atoms with Crippen molar-refractivity contribution in [2.75, 3.05) is 23.3 Å². The van der Waals surface area contributed by atoms with E-state index in [1.165, 1.54) is 0 Å². The number of rotatable bonds is 4. The largest absolute Gasteiger partial charge is 0.393 e. The molecule has 0 spiro atoms. The molecule has 1 saturated heterocycles. The van der Waals surface area contributed by atoms with E-state index in [9.17, 15) is 15.1 Å². The van der Waals surface area contributed by atoms with Crippen molar-refractivity contribution in [3.8, 4) is 0 Å². The van der Waals surface area contributed by atoms with E-state index in [1.807, 2.05) is 16.9 Å². The van der Waals surface area contributed by atoms with Gasteiger partial charge in [0.05, 0.1) is 29.0 Å². The number of hydrogen-bond acceptors (Lipinski definition) is 5. The van der Waals surface area contributed by atoms with Crippen LogP contribution in [0.4, 0.5) is 11.4 Å². The molecule has 0 unspecified atom stereocenters. The third-order valence-electron chi connectivity index (χ3n) is 6.76. The highest BCUT2D eigenvalue weighted by atomic mass is 16.5. The number of anilines is 2. The average Bonchev–Trinajstić information content (AvgIpc) is 3.45. The molecule has 1 aliphatic carbocycles. The lowest BCUT2D eigenvalue weighted by atomic mass is 9.93. The number of aryl methyl sites for hydroxylation is 1. The number of nitrogens with one attached hydrogen (secondary N) is 1. The molecule has 1 amide bonds. The Morgan fingerprint density at radius 1 is 1.16 bits per heavy atom. The highest BCUT2D eigenvalue weighted by Gasteiger charge is 2.26. The molecule has 8 nitrogen and oxygen atoms in total. The first-order valence-corrected chi connectivity index (χ1v) is 11.5. The lowest BCUT2D eigenvalue weighted by molar-refractivity contribution is -0.909. The van der Waals surface area contributed by atoms with Gasteiger partial charge in [-0.2, -0.15) is 5.10 Å². The molecule has 5 rings (SSSR count). The Morgan fingerprint density at radius 3 is 2.66 bits per heavy atom. The molecule has 3 N–H and O–H groups in total. The SMILES string of the molecule is Cc1cccc(C(=O)Nc2cc3cn(C4CCC(O)CC4)nc3cc2N2CCCC2)[n+]1O. The molecule has 2 aromatic heterocycles. The second-order valence-corrected chi connectivity index (χ2v) is 9.01. The van der Waals surface area contributed by atoms with Crippen molar-refractivity contribution in [1.82, 2.24) is 9.78 Å². The summed E-state index contributed by atoms with van der Waals surface area (Å²) >= 11 is 0. The number of benzene rings is 1. The van der Waals surface area contributed by atoms with Gasteiger partial charge < -0.3 is 15.3 Å². The van der Waals surface area contributed by atoms with Gasteiger partial charge in [0.1, 0.15) is 0 Å². The van der Waals surface area contributed by atoms with Gasteiger partial charge in [0.15, 0.2) is 0 Å². The van der Waals surface area contributed by atoms with Crippen molar-refractivity contribution >= 4 is 28.2 Å². The quantitative estimate of drug-likeness (QED) is 0.431. The number of aliphatic hydroxyl groups excluding tert-OH is 1. The minimum atomic E-state index is -0.357. The lowest BCUT2D eigenvalue weighted by Crippen LogP contribution is -2.42. The third kappa shape index (κ3) is 3.90. The maximum absolute atomic E-state index is 13.0. The van der Waals surface area contributed by atoms with Gasteiger partial charge in [0.2, 0.25) is 5.69 Å². The second-order valence-electron chi connectivity index (χ2n) is 9.01. The molecule has 8 heteroatoms. The molecule has 168 valence electrons. The topological polar surface area (TPSA) is 94.5 Å². The Hall–Kier alpha value is -3.13. The van der Waals surface area contributed by atoms with Crippen molar-refractivity contribution in [3.05, 3.63) is 47.9 Å². The van der Waals surface area contributed by atoms with Crippen molar-refractivity contribution in [2.45, 2.75) is 57.6 Å². The average molecular weight is 437 g/mol. The zero-order chi connectivity index (χ0) is 22.2. The van der Waals surface area contributed by atoms with Crippen molar-refractivity contribution in [2.24, 2.45) is 0 Å². The van der Waals surface area contributed by atoms with Crippen LogP contribution in [0.2, 0.25) is 0 Å². The highest BCUT2D eigenvalue weighted by Crippen LogP contribution is 2.35. The van der Waals surface area contributed by atoms with Gasteiger partial charge in [-0.15, -0.1) is 0 Å². The monoisotopic (exact) mass is 436 g/mol. The minimum Gasteiger partial charge on any atom is -0.393 e. The van der Waals surface area contributed by atoms with Crippen LogP contribution in [0.3, 0.4) is 0 Å². The van der Waals surface area contributed by atoms with Crippen molar-refractivity contribution in [3.63, 3.8) is 0 Å². The predicted octanol–water partition coefficient (Wildman–Crippen LogP) is 3.20. The Labute approximate surface area is 187 Å². The fraction of sp³-hybridized carbons (Fsp3) is 0.458. The summed E-state index contributed by atoms with van der Waals surface area (Å²) in [5, 5.41) is 29.0. The molecule has 32 heavy (non-hydrogen) atoms. The first-order valence-electron chi connectivity index (χ1n) is 11.5. The number of pyridine rings is 1. The molecule has 1 aromatic carbocycles. The molecule has 1 saturated carbocycles. The standard InChI is InChI=1S/C24H29N5O3/c1-16-5-4-6-22(29(16)32)24(31)25-21-13-17-15-28(18-7-9-19(30)10-8-18)26-20(17)14-23(21)27-11-2-3-12-27/h4-6,13-15,18-19,30H,2-3,7-12H2,1H3,(H-,25,31,32)/p+1. The maximum atomic E-state index is 13.0. The molecular weight excluding hydrogens is 406 g/mol. The smallest absolute Gasteiger partial charge is 0.325 e. The summed E-state index contributed by atoms with van der Waals surface area (Å²) in [6, 6.07) is 9.45. The van der Waals surface area contributed by atoms with E-state index in [0.717, 1.165) is 78.6 Å². The number of carbonyl (C=O) groups is 1. The van der Waals surface area contributed by atoms with Gasteiger partial charge in [0, 0.05) is 48.5 Å². The Bertz CT molecular complexity index is 1140. The van der Waals surface area contributed by atoms with Crippen LogP contribution in [-0.4, -0.2) is 45.2 Å². The normalized spacial score (nSPS) is 21.2. The summed E-state index contributed by atoms with van der Waals surface area (Å²) in [5.41, 5.74) is 3.37. The van der Waals surface area contributed by atoms with Crippen molar-refractivity contribution in [1.29, 1.82) is 0 Å². The van der Waals surface area contributed by atoms with Crippen LogP contribution in [0.1, 0.15) is 60.7 Å². The molecule has 3 heterocycles.